The van der Waals surface area contributed by atoms with Gasteiger partial charge in [0.25, 0.3) is 0 Å². The molecule has 1 aliphatic carbocycles. The quantitative estimate of drug-likeness (QED) is 0.693. The van der Waals surface area contributed by atoms with E-state index in [0.717, 1.165) is 11.1 Å². The summed E-state index contributed by atoms with van der Waals surface area (Å²) in [5.41, 5.74) is 2.87. The highest BCUT2D eigenvalue weighted by Gasteiger charge is 2.42. The van der Waals surface area contributed by atoms with Crippen LogP contribution in [0.2, 0.25) is 0 Å². The lowest BCUT2D eigenvalue weighted by Gasteiger charge is -2.25. The summed E-state index contributed by atoms with van der Waals surface area (Å²) >= 11 is 0. The molecule has 0 fully saturated rings. The Kier molecular flexibility index (Phi) is 4.09. The van der Waals surface area contributed by atoms with Gasteiger partial charge in [-0.1, -0.05) is 30.3 Å². The molecule has 1 atom stereocenters. The fourth-order valence-corrected chi connectivity index (χ4v) is 3.62. The highest BCUT2D eigenvalue weighted by atomic mass is 19.4. The van der Waals surface area contributed by atoms with Crippen LogP contribution >= 0.6 is 0 Å². The summed E-state index contributed by atoms with van der Waals surface area (Å²) in [7, 11) is 0. The number of furan rings is 1. The van der Waals surface area contributed by atoms with Gasteiger partial charge in [-0.15, -0.1) is 0 Å². The molecule has 1 aromatic carbocycles. The van der Waals surface area contributed by atoms with Crippen LogP contribution in [0, 0.1) is 5.92 Å². The molecule has 0 aliphatic heterocycles. The van der Waals surface area contributed by atoms with E-state index in [-0.39, 0.29) is 24.5 Å². The molecule has 0 bridgehead atoms. The second-order valence-electron chi connectivity index (χ2n) is 6.63. The summed E-state index contributed by atoms with van der Waals surface area (Å²) in [6.07, 6.45) is -4.06. The standard InChI is InChI=1S/C20H16F3NO3/c21-20(22,23)14-7-6-13-10-15(12-4-2-1-3-5-12)24(16(13)11-14)18-9-8-17(27-18)19(25)26/h1-5,8-10,14H,6-7,11H2,(H,25,26). The third-order valence-electron chi connectivity index (χ3n) is 4.95. The van der Waals surface area contributed by atoms with Gasteiger partial charge >= 0.3 is 12.1 Å². The molecule has 0 spiro atoms. The average Bonchev–Trinajstić information content (AvgIpc) is 3.25. The van der Waals surface area contributed by atoms with E-state index >= 15 is 0 Å². The lowest BCUT2D eigenvalue weighted by Crippen LogP contribution is -2.29. The molecule has 3 aromatic rings. The monoisotopic (exact) mass is 375 g/mol. The molecule has 0 amide bonds. The molecule has 2 aromatic heterocycles. The lowest BCUT2D eigenvalue weighted by atomic mass is 9.87. The van der Waals surface area contributed by atoms with Crippen LogP contribution in [0.4, 0.5) is 13.2 Å². The summed E-state index contributed by atoms with van der Waals surface area (Å²) < 4.78 is 46.9. The Labute approximate surface area is 152 Å². The van der Waals surface area contributed by atoms with Crippen molar-refractivity contribution < 1.29 is 27.5 Å². The second-order valence-corrected chi connectivity index (χ2v) is 6.63. The van der Waals surface area contributed by atoms with Gasteiger partial charge in [0.1, 0.15) is 0 Å². The molecular weight excluding hydrogens is 359 g/mol. The van der Waals surface area contributed by atoms with E-state index in [9.17, 15) is 18.0 Å². The molecular formula is C20H16F3NO3. The zero-order valence-electron chi connectivity index (χ0n) is 14.2. The maximum absolute atomic E-state index is 13.3. The minimum atomic E-state index is -4.27. The molecule has 2 heterocycles. The van der Waals surface area contributed by atoms with E-state index in [1.54, 1.807) is 4.57 Å². The predicted octanol–water partition coefficient (Wildman–Crippen LogP) is 5.10. The Morgan fingerprint density at radius 1 is 1.15 bits per heavy atom. The second kappa shape index (κ2) is 6.33. The number of aryl methyl sites for hydroxylation is 1. The predicted molar refractivity (Wildman–Crippen MR) is 92.0 cm³/mol. The van der Waals surface area contributed by atoms with Crippen molar-refractivity contribution in [3.8, 4) is 17.1 Å². The van der Waals surface area contributed by atoms with E-state index in [1.807, 2.05) is 36.4 Å². The first-order valence-corrected chi connectivity index (χ1v) is 8.53. The van der Waals surface area contributed by atoms with E-state index in [2.05, 4.69) is 0 Å². The molecule has 1 N–H and O–H groups in total. The molecule has 27 heavy (non-hydrogen) atoms. The number of hydrogen-bond donors (Lipinski definition) is 1. The van der Waals surface area contributed by atoms with Crippen molar-refractivity contribution in [2.75, 3.05) is 0 Å². The largest absolute Gasteiger partial charge is 0.475 e. The van der Waals surface area contributed by atoms with Crippen LogP contribution in [0.25, 0.3) is 17.1 Å². The number of nitrogens with zero attached hydrogens (tertiary/aromatic N) is 1. The number of halogens is 3. The van der Waals surface area contributed by atoms with Gasteiger partial charge in [0.2, 0.25) is 11.6 Å². The Hall–Kier alpha value is -2.96. The van der Waals surface area contributed by atoms with Gasteiger partial charge in [0.05, 0.1) is 11.6 Å². The zero-order chi connectivity index (χ0) is 19.2. The van der Waals surface area contributed by atoms with Gasteiger partial charge < -0.3 is 9.52 Å². The van der Waals surface area contributed by atoms with E-state index < -0.39 is 18.1 Å². The maximum Gasteiger partial charge on any atom is 0.392 e. The van der Waals surface area contributed by atoms with Crippen LogP contribution in [-0.4, -0.2) is 21.8 Å². The van der Waals surface area contributed by atoms with Gasteiger partial charge in [0, 0.05) is 11.8 Å². The first-order valence-electron chi connectivity index (χ1n) is 8.53. The zero-order valence-corrected chi connectivity index (χ0v) is 14.2. The summed E-state index contributed by atoms with van der Waals surface area (Å²) in [6.45, 7) is 0. The minimum Gasteiger partial charge on any atom is -0.475 e. The number of carbonyl (C=O) groups is 1. The summed E-state index contributed by atoms with van der Waals surface area (Å²) in [6, 6.07) is 13.9. The molecule has 0 saturated heterocycles. The third-order valence-corrected chi connectivity index (χ3v) is 4.95. The van der Waals surface area contributed by atoms with Gasteiger partial charge in [-0.2, -0.15) is 13.2 Å². The summed E-state index contributed by atoms with van der Waals surface area (Å²) in [4.78, 5) is 11.2. The number of benzene rings is 1. The lowest BCUT2D eigenvalue weighted by molar-refractivity contribution is -0.177. The van der Waals surface area contributed by atoms with Crippen molar-refractivity contribution in [1.29, 1.82) is 0 Å². The number of rotatable bonds is 3. The normalized spacial score (nSPS) is 16.9. The number of fused-ring (bicyclic) bond motifs is 1. The SMILES string of the molecule is O=C(O)c1ccc(-n2c(-c3ccccc3)cc3c2CC(C(F)(F)F)CC3)o1. The Morgan fingerprint density at radius 2 is 1.89 bits per heavy atom. The van der Waals surface area contributed by atoms with Crippen LogP contribution in [0.5, 0.6) is 0 Å². The highest BCUT2D eigenvalue weighted by molar-refractivity contribution is 5.84. The van der Waals surface area contributed by atoms with Crippen molar-refractivity contribution in [2.45, 2.75) is 25.4 Å². The number of aromatic nitrogens is 1. The summed E-state index contributed by atoms with van der Waals surface area (Å²) in [5.74, 6) is -2.70. The molecule has 0 saturated carbocycles. The molecule has 1 aliphatic rings. The number of hydrogen-bond acceptors (Lipinski definition) is 2. The number of carboxylic acids is 1. The first-order chi connectivity index (χ1) is 12.8. The van der Waals surface area contributed by atoms with Crippen molar-refractivity contribution >= 4 is 5.97 Å². The molecule has 7 heteroatoms. The van der Waals surface area contributed by atoms with Crippen LogP contribution < -0.4 is 0 Å². The molecule has 1 unspecified atom stereocenters. The minimum absolute atomic E-state index is 0.0489. The molecule has 4 rings (SSSR count). The van der Waals surface area contributed by atoms with Gasteiger partial charge in [-0.25, -0.2) is 4.79 Å². The highest BCUT2D eigenvalue weighted by Crippen LogP contribution is 2.41. The van der Waals surface area contributed by atoms with E-state index in [1.165, 1.54) is 12.1 Å². The van der Waals surface area contributed by atoms with Crippen molar-refractivity contribution in [1.82, 2.24) is 4.57 Å². The molecule has 4 nitrogen and oxygen atoms in total. The van der Waals surface area contributed by atoms with Crippen molar-refractivity contribution in [3.63, 3.8) is 0 Å². The molecule has 140 valence electrons. The van der Waals surface area contributed by atoms with Crippen LogP contribution in [0.3, 0.4) is 0 Å². The van der Waals surface area contributed by atoms with E-state index in [4.69, 9.17) is 9.52 Å². The number of alkyl halides is 3. The van der Waals surface area contributed by atoms with Crippen LogP contribution in [-0.2, 0) is 12.8 Å². The van der Waals surface area contributed by atoms with Gasteiger partial charge in [-0.3, -0.25) is 4.57 Å². The molecule has 0 radical (unpaired) electrons. The number of carboxylic acid groups (broad SMARTS) is 1. The van der Waals surface area contributed by atoms with Crippen molar-refractivity contribution in [2.24, 2.45) is 5.92 Å². The fourth-order valence-electron chi connectivity index (χ4n) is 3.62. The topological polar surface area (TPSA) is 55.4 Å². The third kappa shape index (κ3) is 3.13. The van der Waals surface area contributed by atoms with Crippen LogP contribution in [0.1, 0.15) is 28.2 Å². The first kappa shape index (κ1) is 17.5. The Bertz CT molecular complexity index is 986. The van der Waals surface area contributed by atoms with E-state index in [0.29, 0.717) is 17.8 Å². The smallest absolute Gasteiger partial charge is 0.392 e. The fraction of sp³-hybridized carbons (Fsp3) is 0.250. The van der Waals surface area contributed by atoms with Crippen molar-refractivity contribution in [3.05, 3.63) is 65.5 Å². The Morgan fingerprint density at radius 3 is 2.52 bits per heavy atom. The van der Waals surface area contributed by atoms with Crippen LogP contribution in [0.15, 0.2) is 52.9 Å². The Balaban J connectivity index is 1.88. The summed E-state index contributed by atoms with van der Waals surface area (Å²) in [5, 5.41) is 9.12. The number of aromatic carboxylic acids is 1. The maximum atomic E-state index is 13.3. The van der Waals surface area contributed by atoms with Gasteiger partial charge in [0.15, 0.2) is 0 Å². The van der Waals surface area contributed by atoms with Gasteiger partial charge in [-0.05, 0) is 42.5 Å². The average molecular weight is 375 g/mol.